The smallest absolute Gasteiger partial charge is 0.253 e. The second-order valence-corrected chi connectivity index (χ2v) is 13.2. The van der Waals surface area contributed by atoms with Crippen molar-refractivity contribution in [1.29, 1.82) is 0 Å². The summed E-state index contributed by atoms with van der Waals surface area (Å²) in [5, 5.41) is 11.1. The average Bonchev–Trinajstić information content (AvgIpc) is 3.30. The van der Waals surface area contributed by atoms with Crippen LogP contribution in [0.15, 0.2) is 72.8 Å². The molecule has 0 aliphatic carbocycles. The van der Waals surface area contributed by atoms with Crippen LogP contribution in [0.25, 0.3) is 0 Å². The van der Waals surface area contributed by atoms with Crippen LogP contribution >= 0.6 is 11.6 Å². The molecule has 3 amide bonds. The summed E-state index contributed by atoms with van der Waals surface area (Å²) in [6, 6.07) is 13.1. The van der Waals surface area contributed by atoms with Gasteiger partial charge in [0.1, 0.15) is 11.6 Å². The largest absolute Gasteiger partial charge is 0.394 e. The summed E-state index contributed by atoms with van der Waals surface area (Å²) in [6.45, 7) is 8.12. The highest BCUT2D eigenvalue weighted by Crippen LogP contribution is 2.59. The maximum atomic E-state index is 14.9. The Morgan fingerprint density at radius 2 is 1.64 bits per heavy atom. The number of carbonyl (C=O) groups is 3. The van der Waals surface area contributed by atoms with Crippen molar-refractivity contribution in [2.75, 3.05) is 29.5 Å². The fourth-order valence-electron chi connectivity index (χ4n) is 7.92. The van der Waals surface area contributed by atoms with Crippen molar-refractivity contribution in [3.8, 4) is 0 Å². The van der Waals surface area contributed by atoms with E-state index in [9.17, 15) is 19.5 Å². The Morgan fingerprint density at radius 3 is 2.30 bits per heavy atom. The number of amides is 3. The summed E-state index contributed by atoms with van der Waals surface area (Å²) >= 11 is 6.68. The highest BCUT2D eigenvalue weighted by Gasteiger charge is 2.76. The molecule has 4 heterocycles. The minimum Gasteiger partial charge on any atom is -0.394 e. The number of para-hydroxylation sites is 2. The minimum absolute atomic E-state index is 0.140. The van der Waals surface area contributed by atoms with Gasteiger partial charge in [-0.05, 0) is 49.4 Å². The van der Waals surface area contributed by atoms with Crippen molar-refractivity contribution in [1.82, 2.24) is 4.90 Å². The van der Waals surface area contributed by atoms with Crippen LogP contribution in [0.5, 0.6) is 0 Å². The van der Waals surface area contributed by atoms with Crippen molar-refractivity contribution >= 4 is 40.7 Å². The predicted molar refractivity (Wildman–Crippen MR) is 170 cm³/mol. The third kappa shape index (κ3) is 4.53. The number of aliphatic hydroxyl groups is 1. The van der Waals surface area contributed by atoms with Crippen LogP contribution in [0.2, 0.25) is 5.02 Å². The number of anilines is 2. The topological polar surface area (TPSA) is 90.4 Å². The number of aryl methyl sites for hydroxylation is 1. The van der Waals surface area contributed by atoms with E-state index in [-0.39, 0.29) is 36.8 Å². The van der Waals surface area contributed by atoms with Gasteiger partial charge >= 0.3 is 0 Å². The molecule has 0 radical (unpaired) electrons. The van der Waals surface area contributed by atoms with Crippen molar-refractivity contribution in [2.24, 2.45) is 17.8 Å². The van der Waals surface area contributed by atoms with Gasteiger partial charge in [-0.15, -0.1) is 0 Å². The van der Waals surface area contributed by atoms with E-state index in [1.165, 1.54) is 4.90 Å². The molecule has 2 aromatic carbocycles. The lowest BCUT2D eigenvalue weighted by atomic mass is 9.73. The molecule has 1 unspecified atom stereocenters. The van der Waals surface area contributed by atoms with Crippen LogP contribution in [-0.2, 0) is 19.1 Å². The Bertz CT molecular complexity index is 1510. The molecule has 8 nitrogen and oxygen atoms in total. The predicted octanol–water partition coefficient (Wildman–Crippen LogP) is 4.92. The first kappa shape index (κ1) is 30.6. The van der Waals surface area contributed by atoms with E-state index in [1.807, 2.05) is 94.5 Å². The number of benzene rings is 2. The average molecular weight is 618 g/mol. The molecule has 0 saturated carbocycles. The molecule has 6 rings (SSSR count). The van der Waals surface area contributed by atoms with Gasteiger partial charge in [0.05, 0.1) is 40.8 Å². The Morgan fingerprint density at radius 1 is 0.932 bits per heavy atom. The van der Waals surface area contributed by atoms with Crippen LogP contribution in [0.3, 0.4) is 0 Å². The number of carbonyl (C=O) groups excluding carboxylic acids is 3. The molecule has 4 aliphatic heterocycles. The van der Waals surface area contributed by atoms with E-state index >= 15 is 0 Å². The molecule has 1 spiro atoms. The van der Waals surface area contributed by atoms with Crippen LogP contribution in [0.1, 0.15) is 39.2 Å². The quantitative estimate of drug-likeness (QED) is 0.446. The number of likely N-dealkylation sites (tertiary alicyclic amines) is 1. The van der Waals surface area contributed by atoms with Crippen molar-refractivity contribution < 1.29 is 24.2 Å². The van der Waals surface area contributed by atoms with Crippen LogP contribution in [-0.4, -0.2) is 70.7 Å². The summed E-state index contributed by atoms with van der Waals surface area (Å²) in [7, 11) is 0. The molecule has 6 atom stereocenters. The third-order valence-corrected chi connectivity index (χ3v) is 10.1. The number of halogens is 1. The van der Waals surface area contributed by atoms with Gasteiger partial charge in [-0.3, -0.25) is 14.4 Å². The minimum atomic E-state index is -1.43. The number of rotatable bonds is 7. The zero-order valence-electron chi connectivity index (χ0n) is 25.7. The maximum absolute atomic E-state index is 14.9. The fourth-order valence-corrected chi connectivity index (χ4v) is 8.24. The number of nitrogens with zero attached hydrogens (tertiary/aromatic N) is 3. The van der Waals surface area contributed by atoms with Crippen LogP contribution in [0.4, 0.5) is 11.4 Å². The van der Waals surface area contributed by atoms with Gasteiger partial charge in [0.15, 0.2) is 0 Å². The summed E-state index contributed by atoms with van der Waals surface area (Å²) in [5.41, 5.74) is -0.400. The Balaban J connectivity index is 1.54. The van der Waals surface area contributed by atoms with Gasteiger partial charge < -0.3 is 24.5 Å². The van der Waals surface area contributed by atoms with Gasteiger partial charge in [0.25, 0.3) is 5.91 Å². The molecule has 0 aromatic heterocycles. The Labute approximate surface area is 263 Å². The van der Waals surface area contributed by atoms with E-state index in [0.717, 1.165) is 11.3 Å². The lowest BCUT2D eigenvalue weighted by molar-refractivity contribution is -0.149. The second-order valence-electron chi connectivity index (χ2n) is 12.8. The second kappa shape index (κ2) is 11.5. The van der Waals surface area contributed by atoms with E-state index < -0.39 is 35.1 Å². The molecule has 4 aliphatic rings. The van der Waals surface area contributed by atoms with E-state index in [4.69, 9.17) is 16.3 Å². The van der Waals surface area contributed by atoms with Crippen molar-refractivity contribution in [2.45, 2.75) is 63.8 Å². The highest BCUT2D eigenvalue weighted by molar-refractivity contribution is 6.34. The Kier molecular flexibility index (Phi) is 7.97. The number of ether oxygens (including phenoxy) is 1. The van der Waals surface area contributed by atoms with Crippen LogP contribution in [0, 0.1) is 24.7 Å². The molecule has 1 N–H and O–H groups in total. The molecule has 9 heteroatoms. The number of hydrogen-bond donors (Lipinski definition) is 1. The highest BCUT2D eigenvalue weighted by atomic mass is 35.5. The monoisotopic (exact) mass is 617 g/mol. The maximum Gasteiger partial charge on any atom is 0.253 e. The van der Waals surface area contributed by atoms with Gasteiger partial charge in [0.2, 0.25) is 11.8 Å². The zero-order valence-corrected chi connectivity index (χ0v) is 26.4. The summed E-state index contributed by atoms with van der Waals surface area (Å²) < 4.78 is 7.10. The van der Waals surface area contributed by atoms with Gasteiger partial charge in [-0.2, -0.15) is 0 Å². The standard InChI is InChI=1S/C35H40ClN3O5/c1-5-34-16-10-18-37(24-13-7-6-8-14-24)31(41)27(34)28-32(42)39(25(21-40)20-22(2)3)30-33(43)38(19-11-17-35(28,30)44-34)29-23(4)12-9-15-26(29)36/h6-17,22,25,27-28,30,40H,5,18-21H2,1-4H3/t25-,27+,28+,30?,34-,35+/m1/s1. The van der Waals surface area contributed by atoms with E-state index in [1.54, 1.807) is 15.9 Å². The molecular weight excluding hydrogens is 578 g/mol. The molecule has 0 bridgehead atoms. The fraction of sp³-hybridized carbons (Fsp3) is 0.457. The Hall–Kier alpha value is -3.46. The van der Waals surface area contributed by atoms with E-state index in [0.29, 0.717) is 30.1 Å². The van der Waals surface area contributed by atoms with Gasteiger partial charge in [-0.1, -0.05) is 87.0 Å². The van der Waals surface area contributed by atoms with Gasteiger partial charge in [-0.25, -0.2) is 0 Å². The normalized spacial score (nSPS) is 30.4. The third-order valence-electron chi connectivity index (χ3n) is 9.75. The number of hydrogen-bond acceptors (Lipinski definition) is 5. The first-order valence-corrected chi connectivity index (χ1v) is 15.9. The summed E-state index contributed by atoms with van der Waals surface area (Å²) in [4.78, 5) is 49.3. The number of fused-ring (bicyclic) bond motifs is 2. The molecule has 2 saturated heterocycles. The summed E-state index contributed by atoms with van der Waals surface area (Å²) in [6.07, 6.45) is 8.48. The summed E-state index contributed by atoms with van der Waals surface area (Å²) in [5.74, 6) is -2.61. The zero-order chi connectivity index (χ0) is 31.4. The van der Waals surface area contributed by atoms with Crippen molar-refractivity contribution in [3.63, 3.8) is 0 Å². The number of aliphatic hydroxyl groups excluding tert-OH is 1. The molecule has 2 fully saturated rings. The lowest BCUT2D eigenvalue weighted by Crippen LogP contribution is -2.59. The van der Waals surface area contributed by atoms with Gasteiger partial charge in [0, 0.05) is 18.8 Å². The molecular formula is C35H40ClN3O5. The van der Waals surface area contributed by atoms with Crippen molar-refractivity contribution in [3.05, 3.63) is 83.4 Å². The lowest BCUT2D eigenvalue weighted by Gasteiger charge is -2.41. The van der Waals surface area contributed by atoms with E-state index in [2.05, 4.69) is 0 Å². The molecule has 232 valence electrons. The molecule has 44 heavy (non-hydrogen) atoms. The SMILES string of the molecule is CC[C@@]12C=CCN(c3ccccc3)C(=O)[C@@H]1[C@H]1C(=O)N([C@@H](CO)CC(C)C)C3C(=O)N(c4c(C)cccc4Cl)CC=C[C@@]31O2. The van der Waals surface area contributed by atoms with Crippen LogP contribution < -0.4 is 9.80 Å². The first-order valence-electron chi connectivity index (χ1n) is 15.5. The first-order chi connectivity index (χ1) is 21.1. The molecule has 2 aromatic rings.